The van der Waals surface area contributed by atoms with Crippen LogP contribution in [0.15, 0.2) is 85.2 Å². The van der Waals surface area contributed by atoms with Crippen molar-refractivity contribution in [1.29, 1.82) is 0 Å². The Morgan fingerprint density at radius 3 is 2.29 bits per heavy atom. The number of fused-ring (bicyclic) bond motifs is 2. The Hall–Kier alpha value is -4.40. The van der Waals surface area contributed by atoms with E-state index in [4.69, 9.17) is 4.74 Å². The summed E-state index contributed by atoms with van der Waals surface area (Å²) in [6.07, 6.45) is 6.25. The van der Waals surface area contributed by atoms with E-state index in [-0.39, 0.29) is 11.8 Å². The van der Waals surface area contributed by atoms with Crippen molar-refractivity contribution < 1.29 is 14.3 Å². The maximum absolute atomic E-state index is 13.1. The standard InChI is InChI=1S/C33H33N5O3/c39-32(34-27-4-5-27)23-1-7-29(8-2-23)38-14-12-25-22-28(6-10-31(25)38)35-33(40)26-3-9-30-24(21-26)11-13-37(30)16-15-36-17-19-41-20-18-36/h1-3,6-14,21-22,27H,4-5,15-20H2,(H,34,39)(H,35,40). The Labute approximate surface area is 238 Å². The van der Waals surface area contributed by atoms with Crippen molar-refractivity contribution in [3.05, 3.63) is 96.3 Å². The van der Waals surface area contributed by atoms with Gasteiger partial charge in [-0.1, -0.05) is 0 Å². The van der Waals surface area contributed by atoms with Crippen molar-refractivity contribution in [3.8, 4) is 5.69 Å². The minimum atomic E-state index is -0.133. The SMILES string of the molecule is O=C(Nc1ccc2c(ccn2-c2ccc(C(=O)NC3CC3)cc2)c1)c1ccc2c(ccn2CCN2CCOCC2)c1. The van der Waals surface area contributed by atoms with Crippen LogP contribution in [0.5, 0.6) is 0 Å². The molecule has 3 aromatic carbocycles. The number of anilines is 1. The lowest BCUT2D eigenvalue weighted by Gasteiger charge is -2.26. The molecule has 2 aliphatic rings. The van der Waals surface area contributed by atoms with Crippen LogP contribution in [-0.2, 0) is 11.3 Å². The van der Waals surface area contributed by atoms with Crippen LogP contribution in [0, 0.1) is 0 Å². The molecule has 1 saturated carbocycles. The van der Waals surface area contributed by atoms with Crippen LogP contribution in [0.1, 0.15) is 33.6 Å². The van der Waals surface area contributed by atoms with Crippen LogP contribution in [0.2, 0.25) is 0 Å². The highest BCUT2D eigenvalue weighted by Gasteiger charge is 2.23. The molecule has 5 aromatic rings. The van der Waals surface area contributed by atoms with Crippen molar-refractivity contribution in [2.45, 2.75) is 25.4 Å². The first kappa shape index (κ1) is 25.6. The molecule has 1 aliphatic heterocycles. The average Bonchev–Trinajstić information content (AvgIpc) is 3.57. The molecule has 2 fully saturated rings. The minimum Gasteiger partial charge on any atom is -0.379 e. The van der Waals surface area contributed by atoms with E-state index in [0.717, 1.165) is 85.4 Å². The number of ether oxygens (including phenoxy) is 1. The van der Waals surface area contributed by atoms with Gasteiger partial charge in [-0.3, -0.25) is 14.5 Å². The number of hydrogen-bond donors (Lipinski definition) is 2. The molecule has 8 nitrogen and oxygen atoms in total. The van der Waals surface area contributed by atoms with E-state index in [1.54, 1.807) is 0 Å². The van der Waals surface area contributed by atoms with Crippen LogP contribution >= 0.6 is 0 Å². The lowest BCUT2D eigenvalue weighted by atomic mass is 10.1. The molecule has 1 saturated heterocycles. The largest absolute Gasteiger partial charge is 0.379 e. The fourth-order valence-corrected chi connectivity index (χ4v) is 5.53. The molecule has 2 aromatic heterocycles. The predicted molar refractivity (Wildman–Crippen MR) is 161 cm³/mol. The van der Waals surface area contributed by atoms with Gasteiger partial charge in [-0.25, -0.2) is 0 Å². The van der Waals surface area contributed by atoms with Crippen LogP contribution in [0.4, 0.5) is 5.69 Å². The number of aromatic nitrogens is 2. The highest BCUT2D eigenvalue weighted by molar-refractivity contribution is 6.07. The molecule has 0 bridgehead atoms. The molecule has 0 radical (unpaired) electrons. The van der Waals surface area contributed by atoms with Crippen LogP contribution in [0.3, 0.4) is 0 Å². The van der Waals surface area contributed by atoms with Crippen LogP contribution in [0.25, 0.3) is 27.5 Å². The highest BCUT2D eigenvalue weighted by atomic mass is 16.5. The number of carbonyl (C=O) groups excluding carboxylic acids is 2. The Balaban J connectivity index is 1.02. The second kappa shape index (κ2) is 10.9. The van der Waals surface area contributed by atoms with Gasteiger partial charge in [-0.05, 0) is 85.6 Å². The molecular formula is C33H33N5O3. The van der Waals surface area contributed by atoms with Gasteiger partial charge in [-0.2, -0.15) is 0 Å². The Morgan fingerprint density at radius 2 is 1.49 bits per heavy atom. The van der Waals surface area contributed by atoms with E-state index >= 15 is 0 Å². The number of carbonyl (C=O) groups is 2. The molecule has 2 N–H and O–H groups in total. The van der Waals surface area contributed by atoms with Crippen molar-refractivity contribution in [1.82, 2.24) is 19.4 Å². The third-order valence-corrected chi connectivity index (χ3v) is 8.06. The maximum atomic E-state index is 13.1. The van der Waals surface area contributed by atoms with Crippen molar-refractivity contribution in [2.24, 2.45) is 0 Å². The summed E-state index contributed by atoms with van der Waals surface area (Å²) in [6.45, 7) is 5.47. The molecule has 41 heavy (non-hydrogen) atoms. The van der Waals surface area contributed by atoms with Gasteiger partial charge in [-0.15, -0.1) is 0 Å². The number of amides is 2. The van der Waals surface area contributed by atoms with Crippen molar-refractivity contribution in [2.75, 3.05) is 38.2 Å². The number of nitrogens with one attached hydrogen (secondary N) is 2. The van der Waals surface area contributed by atoms with E-state index in [1.165, 1.54) is 0 Å². The Morgan fingerprint density at radius 1 is 0.756 bits per heavy atom. The summed E-state index contributed by atoms with van der Waals surface area (Å²) < 4.78 is 9.78. The molecule has 1 aliphatic carbocycles. The zero-order chi connectivity index (χ0) is 27.8. The first-order valence-electron chi connectivity index (χ1n) is 14.3. The second-order valence-electron chi connectivity index (χ2n) is 10.9. The number of nitrogens with zero attached hydrogens (tertiary/aromatic N) is 3. The third kappa shape index (κ3) is 5.49. The molecule has 2 amide bonds. The topological polar surface area (TPSA) is 80.5 Å². The van der Waals surface area contributed by atoms with Gasteiger partial charge in [0, 0.05) is 83.4 Å². The summed E-state index contributed by atoms with van der Waals surface area (Å²) in [6, 6.07) is 23.9. The van der Waals surface area contributed by atoms with E-state index in [0.29, 0.717) is 17.2 Å². The van der Waals surface area contributed by atoms with Crippen molar-refractivity contribution >= 4 is 39.3 Å². The van der Waals surface area contributed by atoms with E-state index < -0.39 is 0 Å². The molecule has 0 atom stereocenters. The third-order valence-electron chi connectivity index (χ3n) is 8.06. The second-order valence-corrected chi connectivity index (χ2v) is 10.9. The fraction of sp³-hybridized carbons (Fsp3) is 0.273. The molecule has 7 rings (SSSR count). The first-order valence-corrected chi connectivity index (χ1v) is 14.3. The van der Waals surface area contributed by atoms with E-state index in [9.17, 15) is 9.59 Å². The van der Waals surface area contributed by atoms with Gasteiger partial charge in [0.1, 0.15) is 0 Å². The predicted octanol–water partition coefficient (Wildman–Crippen LogP) is 5.06. The summed E-state index contributed by atoms with van der Waals surface area (Å²) in [5.41, 5.74) is 5.18. The normalized spacial score (nSPS) is 15.8. The van der Waals surface area contributed by atoms with Gasteiger partial charge < -0.3 is 24.5 Å². The molecule has 3 heterocycles. The summed E-state index contributed by atoms with van der Waals surface area (Å²) in [5.74, 6) is -0.149. The first-order chi connectivity index (χ1) is 20.1. The zero-order valence-electron chi connectivity index (χ0n) is 22.9. The van der Waals surface area contributed by atoms with E-state index in [1.807, 2.05) is 72.9 Å². The number of hydrogen-bond acceptors (Lipinski definition) is 4. The number of benzene rings is 3. The fourth-order valence-electron chi connectivity index (χ4n) is 5.53. The lowest BCUT2D eigenvalue weighted by molar-refractivity contribution is 0.0365. The molecular weight excluding hydrogens is 514 g/mol. The average molecular weight is 548 g/mol. The molecule has 8 heteroatoms. The smallest absolute Gasteiger partial charge is 0.255 e. The van der Waals surface area contributed by atoms with E-state index in [2.05, 4.69) is 36.9 Å². The van der Waals surface area contributed by atoms with Gasteiger partial charge in [0.05, 0.1) is 18.7 Å². The summed E-state index contributed by atoms with van der Waals surface area (Å²) in [7, 11) is 0. The monoisotopic (exact) mass is 547 g/mol. The summed E-state index contributed by atoms with van der Waals surface area (Å²) in [5, 5.41) is 8.17. The summed E-state index contributed by atoms with van der Waals surface area (Å²) in [4.78, 5) is 27.9. The summed E-state index contributed by atoms with van der Waals surface area (Å²) >= 11 is 0. The maximum Gasteiger partial charge on any atom is 0.255 e. The van der Waals surface area contributed by atoms with Crippen molar-refractivity contribution in [3.63, 3.8) is 0 Å². The highest BCUT2D eigenvalue weighted by Crippen LogP contribution is 2.26. The van der Waals surface area contributed by atoms with Gasteiger partial charge in [0.15, 0.2) is 0 Å². The minimum absolute atomic E-state index is 0.0164. The quantitative estimate of drug-likeness (QED) is 0.285. The van der Waals surface area contributed by atoms with Gasteiger partial charge >= 0.3 is 0 Å². The molecule has 0 spiro atoms. The zero-order valence-corrected chi connectivity index (χ0v) is 22.9. The Bertz CT molecular complexity index is 1730. The van der Waals surface area contributed by atoms with Crippen LogP contribution < -0.4 is 10.6 Å². The lowest BCUT2D eigenvalue weighted by Crippen LogP contribution is -2.38. The van der Waals surface area contributed by atoms with Gasteiger partial charge in [0.25, 0.3) is 11.8 Å². The van der Waals surface area contributed by atoms with Gasteiger partial charge in [0.2, 0.25) is 0 Å². The molecule has 208 valence electrons. The number of morpholine rings is 1. The Kier molecular flexibility index (Phi) is 6.78. The molecule has 0 unspecified atom stereocenters. The van der Waals surface area contributed by atoms with Crippen LogP contribution in [-0.4, -0.2) is 64.7 Å². The number of rotatable bonds is 8.